The van der Waals surface area contributed by atoms with Crippen molar-refractivity contribution in [3.05, 3.63) is 42.2 Å². The number of hydrogen-bond acceptors (Lipinski definition) is 7. The van der Waals surface area contributed by atoms with Crippen molar-refractivity contribution in [2.45, 2.75) is 6.54 Å². The fourth-order valence-electron chi connectivity index (χ4n) is 3.71. The van der Waals surface area contributed by atoms with Gasteiger partial charge >= 0.3 is 0 Å². The van der Waals surface area contributed by atoms with Crippen molar-refractivity contribution in [3.8, 4) is 0 Å². The van der Waals surface area contributed by atoms with Crippen LogP contribution >= 0.6 is 23.5 Å². The Bertz CT molecular complexity index is 933. The first kappa shape index (κ1) is 18.1. The molecule has 0 N–H and O–H groups in total. The Kier molecular flexibility index (Phi) is 5.31. The van der Waals surface area contributed by atoms with Crippen molar-refractivity contribution in [2.24, 2.45) is 0 Å². The zero-order valence-corrected chi connectivity index (χ0v) is 17.5. The van der Waals surface area contributed by atoms with E-state index in [9.17, 15) is 0 Å². The van der Waals surface area contributed by atoms with Crippen LogP contribution < -0.4 is 9.80 Å². The van der Waals surface area contributed by atoms with E-state index in [0.717, 1.165) is 78.7 Å². The molecule has 2 aliphatic heterocycles. The van der Waals surface area contributed by atoms with Gasteiger partial charge in [0.1, 0.15) is 0 Å². The highest BCUT2D eigenvalue weighted by atomic mass is 32.2. The predicted molar refractivity (Wildman–Crippen MR) is 120 cm³/mol. The van der Waals surface area contributed by atoms with Crippen LogP contribution in [0.15, 0.2) is 36.7 Å². The van der Waals surface area contributed by atoms with E-state index in [0.29, 0.717) is 0 Å². The number of imidazole rings is 1. The molecule has 0 bridgehead atoms. The van der Waals surface area contributed by atoms with Crippen LogP contribution in [0.1, 0.15) is 5.56 Å². The second-order valence-corrected chi connectivity index (χ2v) is 9.53. The number of anilines is 2. The highest BCUT2D eigenvalue weighted by Crippen LogP contribution is 2.29. The molecule has 4 heterocycles. The molecule has 6 nitrogen and oxygen atoms in total. The average molecular weight is 413 g/mol. The minimum atomic E-state index is 0.777. The molecule has 146 valence electrons. The average Bonchev–Trinajstić information content (AvgIpc) is 3.18. The van der Waals surface area contributed by atoms with E-state index in [1.165, 1.54) is 5.56 Å². The summed E-state index contributed by atoms with van der Waals surface area (Å²) in [6, 6.07) is 10.5. The van der Waals surface area contributed by atoms with E-state index in [-0.39, 0.29) is 0 Å². The van der Waals surface area contributed by atoms with Gasteiger partial charge in [-0.15, -0.1) is 0 Å². The smallest absolute Gasteiger partial charge is 0.229 e. The maximum atomic E-state index is 5.02. The standard InChI is InChI=1S/C20H24N6S2/c1-2-4-16(5-3-1)14-26-15-21-17-18(24-6-10-27-11-7-24)22-20(23-19(17)26)25-8-12-28-13-9-25/h1-5,15H,6-14H2. The normalized spacial score (nSPS) is 18.0. The van der Waals surface area contributed by atoms with Gasteiger partial charge in [-0.1, -0.05) is 30.3 Å². The molecular formula is C20H24N6S2. The van der Waals surface area contributed by atoms with Gasteiger partial charge in [-0.2, -0.15) is 33.5 Å². The van der Waals surface area contributed by atoms with Crippen molar-refractivity contribution < 1.29 is 0 Å². The largest absolute Gasteiger partial charge is 0.353 e. The first-order valence-electron chi connectivity index (χ1n) is 9.81. The van der Waals surface area contributed by atoms with Crippen LogP contribution in [0.25, 0.3) is 11.2 Å². The van der Waals surface area contributed by atoms with Crippen molar-refractivity contribution in [1.29, 1.82) is 0 Å². The third kappa shape index (κ3) is 3.67. The van der Waals surface area contributed by atoms with Gasteiger partial charge in [-0.3, -0.25) is 0 Å². The second-order valence-electron chi connectivity index (χ2n) is 7.08. The van der Waals surface area contributed by atoms with E-state index in [2.05, 4.69) is 44.7 Å². The number of benzene rings is 1. The Labute approximate surface area is 173 Å². The molecule has 0 saturated carbocycles. The second kappa shape index (κ2) is 8.21. The molecule has 2 saturated heterocycles. The summed E-state index contributed by atoms with van der Waals surface area (Å²) in [5.74, 6) is 6.43. The lowest BCUT2D eigenvalue weighted by Gasteiger charge is -2.30. The molecule has 0 radical (unpaired) electrons. The quantitative estimate of drug-likeness (QED) is 0.653. The van der Waals surface area contributed by atoms with E-state index in [1.54, 1.807) is 0 Å². The molecule has 0 unspecified atom stereocenters. The maximum absolute atomic E-state index is 5.02. The molecule has 0 aliphatic carbocycles. The molecule has 2 aliphatic rings. The van der Waals surface area contributed by atoms with Gasteiger partial charge < -0.3 is 14.4 Å². The van der Waals surface area contributed by atoms with Gasteiger partial charge in [0, 0.05) is 49.2 Å². The Hall–Kier alpha value is -1.93. The third-order valence-corrected chi connectivity index (χ3v) is 7.12. The fraction of sp³-hybridized carbons (Fsp3) is 0.450. The molecule has 2 aromatic heterocycles. The summed E-state index contributed by atoms with van der Waals surface area (Å²) in [5, 5.41) is 0. The Morgan fingerprint density at radius 2 is 1.50 bits per heavy atom. The zero-order valence-electron chi connectivity index (χ0n) is 15.8. The number of thioether (sulfide) groups is 2. The van der Waals surface area contributed by atoms with Gasteiger partial charge in [-0.05, 0) is 5.56 Å². The number of aromatic nitrogens is 4. The fourth-order valence-corrected chi connectivity index (χ4v) is 5.52. The molecule has 0 spiro atoms. The van der Waals surface area contributed by atoms with Gasteiger partial charge in [0.15, 0.2) is 17.0 Å². The van der Waals surface area contributed by atoms with Crippen molar-refractivity contribution in [3.63, 3.8) is 0 Å². The number of nitrogens with zero attached hydrogens (tertiary/aromatic N) is 6. The van der Waals surface area contributed by atoms with E-state index in [4.69, 9.17) is 15.0 Å². The third-order valence-electron chi connectivity index (χ3n) is 5.23. The summed E-state index contributed by atoms with van der Waals surface area (Å²) in [6.07, 6.45) is 1.92. The zero-order chi connectivity index (χ0) is 18.8. The summed E-state index contributed by atoms with van der Waals surface area (Å²) < 4.78 is 2.16. The van der Waals surface area contributed by atoms with Crippen molar-refractivity contribution in [2.75, 3.05) is 59.0 Å². The van der Waals surface area contributed by atoms with Crippen LogP contribution in [0.2, 0.25) is 0 Å². The highest BCUT2D eigenvalue weighted by Gasteiger charge is 2.23. The minimum absolute atomic E-state index is 0.777. The van der Waals surface area contributed by atoms with E-state index < -0.39 is 0 Å². The summed E-state index contributed by atoms with van der Waals surface area (Å²) in [4.78, 5) is 19.5. The molecule has 2 fully saturated rings. The summed E-state index contributed by atoms with van der Waals surface area (Å²) in [7, 11) is 0. The first-order chi connectivity index (χ1) is 13.9. The molecule has 0 atom stereocenters. The first-order valence-corrected chi connectivity index (χ1v) is 12.1. The van der Waals surface area contributed by atoms with Gasteiger partial charge in [0.05, 0.1) is 12.9 Å². The lowest BCUT2D eigenvalue weighted by molar-refractivity contribution is 0.785. The van der Waals surface area contributed by atoms with Gasteiger partial charge in [-0.25, -0.2) is 4.98 Å². The number of fused-ring (bicyclic) bond motifs is 1. The van der Waals surface area contributed by atoms with Crippen LogP contribution in [0.4, 0.5) is 11.8 Å². The molecule has 0 amide bonds. The maximum Gasteiger partial charge on any atom is 0.229 e. The topological polar surface area (TPSA) is 50.1 Å². The van der Waals surface area contributed by atoms with E-state index >= 15 is 0 Å². The van der Waals surface area contributed by atoms with Gasteiger partial charge in [0.2, 0.25) is 5.95 Å². The molecule has 1 aromatic carbocycles. The molecule has 3 aromatic rings. The summed E-state index contributed by atoms with van der Waals surface area (Å²) in [5.41, 5.74) is 3.13. The van der Waals surface area contributed by atoms with Crippen LogP contribution in [0.5, 0.6) is 0 Å². The summed E-state index contributed by atoms with van der Waals surface area (Å²) in [6.45, 7) is 4.85. The minimum Gasteiger partial charge on any atom is -0.353 e. The van der Waals surface area contributed by atoms with E-state index in [1.807, 2.05) is 29.9 Å². The molecular weight excluding hydrogens is 388 g/mol. The number of rotatable bonds is 4. The Morgan fingerprint density at radius 3 is 2.21 bits per heavy atom. The molecule has 28 heavy (non-hydrogen) atoms. The van der Waals surface area contributed by atoms with Crippen molar-refractivity contribution >= 4 is 46.5 Å². The Balaban J connectivity index is 1.58. The van der Waals surface area contributed by atoms with Gasteiger partial charge in [0.25, 0.3) is 0 Å². The van der Waals surface area contributed by atoms with Crippen LogP contribution in [-0.4, -0.2) is 68.7 Å². The van der Waals surface area contributed by atoms with Crippen LogP contribution in [-0.2, 0) is 6.54 Å². The Morgan fingerprint density at radius 1 is 0.821 bits per heavy atom. The predicted octanol–water partition coefficient (Wildman–Crippen LogP) is 2.98. The lowest BCUT2D eigenvalue weighted by Crippen LogP contribution is -2.36. The monoisotopic (exact) mass is 412 g/mol. The molecule has 8 heteroatoms. The molecule has 5 rings (SSSR count). The summed E-state index contributed by atoms with van der Waals surface area (Å²) >= 11 is 4.02. The SMILES string of the molecule is c1ccc(Cn2cnc3c(N4CCSCC4)nc(N4CCSCC4)nc32)cc1. The van der Waals surface area contributed by atoms with Crippen molar-refractivity contribution in [1.82, 2.24) is 19.5 Å². The van der Waals surface area contributed by atoms with Crippen LogP contribution in [0.3, 0.4) is 0 Å². The number of hydrogen-bond donors (Lipinski definition) is 0. The van der Waals surface area contributed by atoms with Crippen LogP contribution in [0, 0.1) is 0 Å². The lowest BCUT2D eigenvalue weighted by atomic mass is 10.2. The highest BCUT2D eigenvalue weighted by molar-refractivity contribution is 7.99.